The van der Waals surface area contributed by atoms with Crippen LogP contribution in [-0.2, 0) is 21.2 Å². The SMILES string of the molecule is CC1Cc2ccccc2N1C(=O)C1CCN(S(=O)(=O)c2ccc(F)cc2)CC1. The Labute approximate surface area is 164 Å². The first-order valence-corrected chi connectivity index (χ1v) is 11.0. The molecule has 2 aliphatic heterocycles. The van der Waals surface area contributed by atoms with Crippen molar-refractivity contribution in [2.24, 2.45) is 5.92 Å². The van der Waals surface area contributed by atoms with Gasteiger partial charge in [0, 0.05) is 30.7 Å². The summed E-state index contributed by atoms with van der Waals surface area (Å²) in [6.45, 7) is 2.63. The van der Waals surface area contributed by atoms with Gasteiger partial charge in [-0.05, 0) is 62.1 Å². The molecule has 2 aromatic rings. The fraction of sp³-hybridized carbons (Fsp3) is 0.381. The van der Waals surface area contributed by atoms with Crippen LogP contribution >= 0.6 is 0 Å². The molecule has 148 valence electrons. The van der Waals surface area contributed by atoms with Crippen molar-refractivity contribution in [3.63, 3.8) is 0 Å². The van der Waals surface area contributed by atoms with Gasteiger partial charge in [0.25, 0.3) is 0 Å². The van der Waals surface area contributed by atoms with Crippen molar-refractivity contribution in [2.75, 3.05) is 18.0 Å². The van der Waals surface area contributed by atoms with Crippen LogP contribution in [0.4, 0.5) is 10.1 Å². The summed E-state index contributed by atoms with van der Waals surface area (Å²) < 4.78 is 40.0. The molecule has 1 fully saturated rings. The number of carbonyl (C=O) groups is 1. The fourth-order valence-corrected chi connectivity index (χ4v) is 5.67. The summed E-state index contributed by atoms with van der Waals surface area (Å²) in [5.41, 5.74) is 2.15. The van der Waals surface area contributed by atoms with E-state index in [0.717, 1.165) is 24.2 Å². The monoisotopic (exact) mass is 402 g/mol. The van der Waals surface area contributed by atoms with Crippen molar-refractivity contribution in [1.29, 1.82) is 0 Å². The Kier molecular flexibility index (Phi) is 4.97. The minimum Gasteiger partial charge on any atom is -0.309 e. The molecular formula is C21H23FN2O3S. The number of hydrogen-bond acceptors (Lipinski definition) is 3. The highest BCUT2D eigenvalue weighted by Gasteiger charge is 2.38. The molecule has 2 aromatic carbocycles. The maximum absolute atomic E-state index is 13.2. The van der Waals surface area contributed by atoms with Gasteiger partial charge in [-0.3, -0.25) is 4.79 Å². The van der Waals surface area contributed by atoms with Crippen molar-refractivity contribution in [3.05, 3.63) is 59.9 Å². The first-order valence-electron chi connectivity index (χ1n) is 9.54. The Balaban J connectivity index is 1.46. The molecule has 0 aliphatic carbocycles. The number of sulfonamides is 1. The zero-order valence-electron chi connectivity index (χ0n) is 15.7. The molecule has 1 amide bonds. The van der Waals surface area contributed by atoms with Gasteiger partial charge in [-0.1, -0.05) is 18.2 Å². The maximum Gasteiger partial charge on any atom is 0.243 e. The molecule has 1 atom stereocenters. The summed E-state index contributed by atoms with van der Waals surface area (Å²) >= 11 is 0. The van der Waals surface area contributed by atoms with Gasteiger partial charge in [0.1, 0.15) is 5.82 Å². The molecule has 0 saturated carbocycles. The second-order valence-corrected chi connectivity index (χ2v) is 9.46. The van der Waals surface area contributed by atoms with Gasteiger partial charge in [-0.15, -0.1) is 0 Å². The molecule has 5 nitrogen and oxygen atoms in total. The lowest BCUT2D eigenvalue weighted by atomic mass is 9.96. The number of para-hydroxylation sites is 1. The minimum atomic E-state index is -3.66. The summed E-state index contributed by atoms with van der Waals surface area (Å²) in [6, 6.07) is 12.9. The van der Waals surface area contributed by atoms with Crippen LogP contribution in [0.3, 0.4) is 0 Å². The number of piperidine rings is 1. The van der Waals surface area contributed by atoms with Crippen molar-refractivity contribution >= 4 is 21.6 Å². The van der Waals surface area contributed by atoms with Crippen LogP contribution in [0.2, 0.25) is 0 Å². The highest BCUT2D eigenvalue weighted by Crippen LogP contribution is 2.35. The first-order chi connectivity index (χ1) is 13.4. The molecule has 7 heteroatoms. The number of hydrogen-bond donors (Lipinski definition) is 0. The average Bonchev–Trinajstić information content (AvgIpc) is 3.03. The third-order valence-electron chi connectivity index (χ3n) is 5.70. The van der Waals surface area contributed by atoms with Crippen LogP contribution in [0.25, 0.3) is 0 Å². The Bertz CT molecular complexity index is 983. The van der Waals surface area contributed by atoms with E-state index in [1.807, 2.05) is 30.0 Å². The van der Waals surface area contributed by atoms with E-state index in [1.54, 1.807) is 0 Å². The van der Waals surface area contributed by atoms with Crippen molar-refractivity contribution in [2.45, 2.75) is 37.1 Å². The largest absolute Gasteiger partial charge is 0.309 e. The molecule has 2 heterocycles. The molecule has 4 rings (SSSR count). The molecule has 0 aromatic heterocycles. The number of benzene rings is 2. The lowest BCUT2D eigenvalue weighted by Crippen LogP contribution is -2.46. The average molecular weight is 402 g/mol. The first kappa shape index (κ1) is 19.1. The molecule has 0 N–H and O–H groups in total. The zero-order chi connectivity index (χ0) is 19.9. The quantitative estimate of drug-likeness (QED) is 0.792. The summed E-state index contributed by atoms with van der Waals surface area (Å²) in [7, 11) is -3.66. The van der Waals surface area contributed by atoms with Gasteiger partial charge >= 0.3 is 0 Å². The number of rotatable bonds is 3. The van der Waals surface area contributed by atoms with Gasteiger partial charge in [-0.25, -0.2) is 12.8 Å². The molecule has 0 spiro atoms. The number of nitrogens with zero attached hydrogens (tertiary/aromatic N) is 2. The number of amides is 1. The molecule has 2 aliphatic rings. The van der Waals surface area contributed by atoms with Crippen LogP contribution in [0.1, 0.15) is 25.3 Å². The maximum atomic E-state index is 13.2. The molecule has 1 saturated heterocycles. The standard InChI is InChI=1S/C21H23FN2O3S/c1-15-14-17-4-2-3-5-20(17)24(15)21(25)16-10-12-23(13-11-16)28(26,27)19-8-6-18(22)7-9-19/h2-9,15-16H,10-14H2,1H3. The molecule has 28 heavy (non-hydrogen) atoms. The third kappa shape index (κ3) is 3.33. The van der Waals surface area contributed by atoms with Gasteiger partial charge in [-0.2, -0.15) is 4.31 Å². The Morgan fingerprint density at radius 1 is 1.04 bits per heavy atom. The third-order valence-corrected chi connectivity index (χ3v) is 7.61. The van der Waals surface area contributed by atoms with Crippen LogP contribution in [0, 0.1) is 11.7 Å². The zero-order valence-corrected chi connectivity index (χ0v) is 16.5. The van der Waals surface area contributed by atoms with E-state index in [1.165, 1.54) is 22.0 Å². The Morgan fingerprint density at radius 2 is 1.68 bits per heavy atom. The number of anilines is 1. The number of fused-ring (bicyclic) bond motifs is 1. The van der Waals surface area contributed by atoms with E-state index in [4.69, 9.17) is 0 Å². The number of carbonyl (C=O) groups excluding carboxylic acids is 1. The number of halogens is 1. The van der Waals surface area contributed by atoms with Gasteiger partial charge < -0.3 is 4.90 Å². The van der Waals surface area contributed by atoms with Gasteiger partial charge in [0.05, 0.1) is 4.90 Å². The van der Waals surface area contributed by atoms with E-state index < -0.39 is 15.8 Å². The van der Waals surface area contributed by atoms with Crippen molar-refractivity contribution in [3.8, 4) is 0 Å². The van der Waals surface area contributed by atoms with Gasteiger partial charge in [0.15, 0.2) is 0 Å². The molecular weight excluding hydrogens is 379 g/mol. The predicted molar refractivity (Wildman–Crippen MR) is 105 cm³/mol. The van der Waals surface area contributed by atoms with E-state index in [2.05, 4.69) is 6.07 Å². The van der Waals surface area contributed by atoms with Crippen molar-refractivity contribution in [1.82, 2.24) is 4.31 Å². The summed E-state index contributed by atoms with van der Waals surface area (Å²) in [5, 5.41) is 0. The summed E-state index contributed by atoms with van der Waals surface area (Å²) in [6.07, 6.45) is 1.83. The predicted octanol–water partition coefficient (Wildman–Crippen LogP) is 3.20. The van der Waals surface area contributed by atoms with Crippen LogP contribution in [0.5, 0.6) is 0 Å². The normalized spacial score (nSPS) is 20.9. The fourth-order valence-electron chi connectivity index (χ4n) is 4.20. The summed E-state index contributed by atoms with van der Waals surface area (Å²) in [5.74, 6) is -0.576. The van der Waals surface area contributed by atoms with Crippen LogP contribution in [0.15, 0.2) is 53.4 Å². The van der Waals surface area contributed by atoms with E-state index in [-0.39, 0.29) is 22.8 Å². The lowest BCUT2D eigenvalue weighted by Gasteiger charge is -2.34. The van der Waals surface area contributed by atoms with Crippen LogP contribution < -0.4 is 4.90 Å². The molecule has 0 bridgehead atoms. The van der Waals surface area contributed by atoms with Crippen molar-refractivity contribution < 1.29 is 17.6 Å². The molecule has 0 radical (unpaired) electrons. The minimum absolute atomic E-state index is 0.0799. The topological polar surface area (TPSA) is 57.7 Å². The van der Waals surface area contributed by atoms with E-state index >= 15 is 0 Å². The highest BCUT2D eigenvalue weighted by atomic mass is 32.2. The highest BCUT2D eigenvalue weighted by molar-refractivity contribution is 7.89. The van der Waals surface area contributed by atoms with E-state index in [0.29, 0.717) is 25.9 Å². The van der Waals surface area contributed by atoms with Crippen LogP contribution in [-0.4, -0.2) is 37.8 Å². The summed E-state index contributed by atoms with van der Waals surface area (Å²) in [4.78, 5) is 15.1. The lowest BCUT2D eigenvalue weighted by molar-refractivity contribution is -0.123. The second kappa shape index (κ2) is 7.29. The van der Waals surface area contributed by atoms with E-state index in [9.17, 15) is 17.6 Å². The molecule has 1 unspecified atom stereocenters. The van der Waals surface area contributed by atoms with Gasteiger partial charge in [0.2, 0.25) is 15.9 Å². The second-order valence-electron chi connectivity index (χ2n) is 7.52. The Hall–Kier alpha value is -2.25. The smallest absolute Gasteiger partial charge is 0.243 e. The Morgan fingerprint density at radius 3 is 2.36 bits per heavy atom.